The molecule has 1 atom stereocenters. The van der Waals surface area contributed by atoms with E-state index in [2.05, 4.69) is 0 Å². The van der Waals surface area contributed by atoms with Crippen LogP contribution in [0, 0.1) is 11.8 Å². The Labute approximate surface area is 189 Å². The van der Waals surface area contributed by atoms with Crippen molar-refractivity contribution in [3.63, 3.8) is 0 Å². The largest absolute Gasteiger partial charge is 0.378 e. The fourth-order valence-electron chi connectivity index (χ4n) is 5.16. The molecule has 0 bridgehead atoms. The van der Waals surface area contributed by atoms with Crippen molar-refractivity contribution in [1.29, 1.82) is 0 Å². The Morgan fingerprint density at radius 3 is 2.25 bits per heavy atom. The fourth-order valence-corrected chi connectivity index (χ4v) is 6.69. The minimum absolute atomic E-state index is 0.0537. The Bertz CT molecular complexity index is 1010. The molecule has 1 aromatic carbocycles. The average molecular weight is 462 g/mol. The molecular formula is C23H31N3O5S. The van der Waals surface area contributed by atoms with E-state index >= 15 is 0 Å². The summed E-state index contributed by atoms with van der Waals surface area (Å²) in [5, 5.41) is 0. The first-order valence-electron chi connectivity index (χ1n) is 11.7. The molecule has 9 heteroatoms. The number of hydrogen-bond acceptors (Lipinski definition) is 5. The molecule has 0 radical (unpaired) electrons. The van der Waals surface area contributed by atoms with Gasteiger partial charge in [-0.2, -0.15) is 4.31 Å². The third-order valence-corrected chi connectivity index (χ3v) is 9.09. The molecule has 4 aliphatic rings. The summed E-state index contributed by atoms with van der Waals surface area (Å²) in [6, 6.07) is 5.22. The van der Waals surface area contributed by atoms with E-state index in [1.165, 1.54) is 4.31 Å². The molecule has 0 N–H and O–H groups in total. The zero-order chi connectivity index (χ0) is 22.5. The Morgan fingerprint density at radius 1 is 0.938 bits per heavy atom. The molecular weight excluding hydrogens is 430 g/mol. The van der Waals surface area contributed by atoms with Crippen molar-refractivity contribution in [2.45, 2.75) is 50.0 Å². The first-order chi connectivity index (χ1) is 15.4. The van der Waals surface area contributed by atoms with Gasteiger partial charge in [0.2, 0.25) is 21.8 Å². The topological polar surface area (TPSA) is 87.2 Å². The summed E-state index contributed by atoms with van der Waals surface area (Å²) in [6.45, 7) is 5.09. The highest BCUT2D eigenvalue weighted by Crippen LogP contribution is 2.40. The van der Waals surface area contributed by atoms with Gasteiger partial charge in [0, 0.05) is 49.7 Å². The molecule has 8 nitrogen and oxygen atoms in total. The number of fused-ring (bicyclic) bond motifs is 1. The molecule has 3 heterocycles. The Morgan fingerprint density at radius 2 is 1.59 bits per heavy atom. The molecule has 174 valence electrons. The monoisotopic (exact) mass is 461 g/mol. The van der Waals surface area contributed by atoms with Crippen LogP contribution in [-0.2, 0) is 30.8 Å². The Hall–Kier alpha value is -1.97. The quantitative estimate of drug-likeness (QED) is 0.680. The molecule has 1 unspecified atom stereocenters. The van der Waals surface area contributed by atoms with E-state index in [1.807, 2.05) is 16.7 Å². The molecule has 1 aliphatic carbocycles. The molecule has 1 saturated carbocycles. The molecule has 0 aromatic heterocycles. The minimum atomic E-state index is -3.63. The molecule has 2 saturated heterocycles. The highest BCUT2D eigenvalue weighted by molar-refractivity contribution is 7.89. The van der Waals surface area contributed by atoms with E-state index in [4.69, 9.17) is 4.74 Å². The molecule has 2 amide bonds. The van der Waals surface area contributed by atoms with Gasteiger partial charge in [-0.05, 0) is 62.8 Å². The summed E-state index contributed by atoms with van der Waals surface area (Å²) < 4.78 is 33.4. The first-order valence-corrected chi connectivity index (χ1v) is 13.1. The van der Waals surface area contributed by atoms with Crippen LogP contribution >= 0.6 is 0 Å². The van der Waals surface area contributed by atoms with E-state index < -0.39 is 10.0 Å². The average Bonchev–Trinajstić information content (AvgIpc) is 3.61. The summed E-state index contributed by atoms with van der Waals surface area (Å²) in [5.41, 5.74) is 1.77. The van der Waals surface area contributed by atoms with Crippen LogP contribution in [-0.4, -0.2) is 74.9 Å². The van der Waals surface area contributed by atoms with Gasteiger partial charge < -0.3 is 14.5 Å². The van der Waals surface area contributed by atoms with Crippen molar-refractivity contribution in [3.05, 3.63) is 23.8 Å². The number of hydrogen-bond donors (Lipinski definition) is 0. The Kier molecular flexibility index (Phi) is 5.75. The summed E-state index contributed by atoms with van der Waals surface area (Å²) in [5.74, 6) is 0.298. The van der Waals surface area contributed by atoms with Gasteiger partial charge in [0.25, 0.3) is 0 Å². The van der Waals surface area contributed by atoms with Crippen LogP contribution < -0.4 is 4.90 Å². The lowest BCUT2D eigenvalue weighted by Crippen LogP contribution is -2.47. The number of amides is 2. The zero-order valence-electron chi connectivity index (χ0n) is 18.5. The smallest absolute Gasteiger partial charge is 0.243 e. The van der Waals surface area contributed by atoms with Gasteiger partial charge in [-0.15, -0.1) is 0 Å². The SMILES string of the molecule is CC1Cc2cc(S(=O)(=O)N3CCC(C(=O)N4CCOCC4)CC3)ccc2N1C(=O)C1CC1. The second-order valence-corrected chi connectivity index (χ2v) is 11.4. The van der Waals surface area contributed by atoms with Crippen LogP contribution in [0.15, 0.2) is 23.1 Å². The normalized spacial score (nSPS) is 25.1. The molecule has 3 fully saturated rings. The number of ether oxygens (including phenoxy) is 1. The number of nitrogens with zero attached hydrogens (tertiary/aromatic N) is 3. The van der Waals surface area contributed by atoms with Gasteiger partial charge in [-0.1, -0.05) is 0 Å². The van der Waals surface area contributed by atoms with E-state index in [0.717, 1.165) is 24.1 Å². The molecule has 32 heavy (non-hydrogen) atoms. The van der Waals surface area contributed by atoms with Crippen LogP contribution in [0.3, 0.4) is 0 Å². The minimum Gasteiger partial charge on any atom is -0.378 e. The number of carbonyl (C=O) groups excluding carboxylic acids is 2. The predicted octanol–water partition coefficient (Wildman–Crippen LogP) is 1.63. The van der Waals surface area contributed by atoms with Gasteiger partial charge in [0.1, 0.15) is 0 Å². The van der Waals surface area contributed by atoms with Crippen LogP contribution in [0.1, 0.15) is 38.2 Å². The maximum Gasteiger partial charge on any atom is 0.243 e. The van der Waals surface area contributed by atoms with Crippen molar-refractivity contribution in [1.82, 2.24) is 9.21 Å². The third kappa shape index (κ3) is 3.95. The van der Waals surface area contributed by atoms with Gasteiger partial charge in [-0.25, -0.2) is 8.42 Å². The Balaban J connectivity index is 1.27. The van der Waals surface area contributed by atoms with E-state index in [-0.39, 0.29) is 34.6 Å². The number of anilines is 1. The lowest BCUT2D eigenvalue weighted by atomic mass is 9.96. The zero-order valence-corrected chi connectivity index (χ0v) is 19.3. The number of piperidine rings is 1. The van der Waals surface area contributed by atoms with Crippen molar-refractivity contribution in [2.24, 2.45) is 11.8 Å². The van der Waals surface area contributed by atoms with Gasteiger partial charge in [0.15, 0.2) is 0 Å². The lowest BCUT2D eigenvalue weighted by molar-refractivity contribution is -0.140. The molecule has 5 rings (SSSR count). The van der Waals surface area contributed by atoms with Crippen LogP contribution in [0.5, 0.6) is 0 Å². The van der Waals surface area contributed by atoms with Gasteiger partial charge in [0.05, 0.1) is 18.1 Å². The van der Waals surface area contributed by atoms with E-state index in [0.29, 0.717) is 58.7 Å². The lowest BCUT2D eigenvalue weighted by Gasteiger charge is -2.35. The van der Waals surface area contributed by atoms with Gasteiger partial charge in [-0.3, -0.25) is 9.59 Å². The van der Waals surface area contributed by atoms with Crippen molar-refractivity contribution in [2.75, 3.05) is 44.3 Å². The molecule has 0 spiro atoms. The van der Waals surface area contributed by atoms with Crippen molar-refractivity contribution < 1.29 is 22.7 Å². The summed E-state index contributed by atoms with van der Waals surface area (Å²) >= 11 is 0. The second kappa shape index (κ2) is 8.43. The third-order valence-electron chi connectivity index (χ3n) is 7.19. The standard InChI is InChI=1S/C23H31N3O5S/c1-16-14-19-15-20(4-5-21(19)26(16)23(28)17-2-3-17)32(29,30)25-8-6-18(7-9-25)22(27)24-10-12-31-13-11-24/h4-5,15-18H,2-3,6-14H2,1H3. The summed E-state index contributed by atoms with van der Waals surface area (Å²) in [7, 11) is -3.63. The number of benzene rings is 1. The second-order valence-electron chi connectivity index (χ2n) is 9.44. The number of sulfonamides is 1. The highest BCUT2D eigenvalue weighted by atomic mass is 32.2. The first kappa shape index (κ1) is 21.9. The van der Waals surface area contributed by atoms with Crippen molar-refractivity contribution in [3.8, 4) is 0 Å². The van der Waals surface area contributed by atoms with E-state index in [9.17, 15) is 18.0 Å². The summed E-state index contributed by atoms with van der Waals surface area (Å²) in [6.07, 6.45) is 3.66. The van der Waals surface area contributed by atoms with Crippen LogP contribution in [0.2, 0.25) is 0 Å². The highest BCUT2D eigenvalue weighted by Gasteiger charge is 2.40. The molecule has 3 aliphatic heterocycles. The number of rotatable bonds is 4. The maximum absolute atomic E-state index is 13.3. The van der Waals surface area contributed by atoms with Gasteiger partial charge >= 0.3 is 0 Å². The number of carbonyl (C=O) groups is 2. The van der Waals surface area contributed by atoms with Crippen LogP contribution in [0.25, 0.3) is 0 Å². The number of morpholine rings is 1. The predicted molar refractivity (Wildman–Crippen MR) is 119 cm³/mol. The van der Waals surface area contributed by atoms with Crippen LogP contribution in [0.4, 0.5) is 5.69 Å². The van der Waals surface area contributed by atoms with E-state index in [1.54, 1.807) is 18.2 Å². The fraction of sp³-hybridized carbons (Fsp3) is 0.652. The molecule has 1 aromatic rings. The van der Waals surface area contributed by atoms with Crippen molar-refractivity contribution >= 4 is 27.5 Å². The maximum atomic E-state index is 13.3. The summed E-state index contributed by atoms with van der Waals surface area (Å²) in [4.78, 5) is 29.4.